The van der Waals surface area contributed by atoms with E-state index in [2.05, 4.69) is 28.9 Å². The average Bonchev–Trinajstić information content (AvgIpc) is 2.88. The van der Waals surface area contributed by atoms with Crippen LogP contribution in [0.25, 0.3) is 0 Å². The second-order valence-corrected chi connectivity index (χ2v) is 6.37. The number of hydrogen-bond donors (Lipinski definition) is 1. The van der Waals surface area contributed by atoms with E-state index in [1.165, 1.54) is 31.2 Å². The molecule has 0 heterocycles. The molecule has 1 aromatic rings. The van der Waals surface area contributed by atoms with Gasteiger partial charge in [0.15, 0.2) is 0 Å². The van der Waals surface area contributed by atoms with E-state index in [0.29, 0.717) is 6.61 Å². The highest BCUT2D eigenvalue weighted by atomic mass is 79.9. The van der Waals surface area contributed by atoms with Crippen LogP contribution in [0.3, 0.4) is 0 Å². The molecule has 1 fully saturated rings. The molecule has 0 amide bonds. The van der Waals surface area contributed by atoms with Gasteiger partial charge in [-0.1, -0.05) is 41.8 Å². The maximum absolute atomic E-state index is 6.60. The van der Waals surface area contributed by atoms with Gasteiger partial charge in [0.25, 0.3) is 0 Å². The van der Waals surface area contributed by atoms with E-state index in [4.69, 9.17) is 10.5 Å². The lowest BCUT2D eigenvalue weighted by molar-refractivity contribution is 0.221. The van der Waals surface area contributed by atoms with Gasteiger partial charge < -0.3 is 10.5 Å². The molecule has 1 aliphatic rings. The summed E-state index contributed by atoms with van der Waals surface area (Å²) in [5, 5.41) is 0. The summed E-state index contributed by atoms with van der Waals surface area (Å²) >= 11 is 3.66. The van der Waals surface area contributed by atoms with Crippen molar-refractivity contribution in [3.05, 3.63) is 28.2 Å². The lowest BCUT2D eigenvalue weighted by Crippen LogP contribution is -2.32. The van der Waals surface area contributed by atoms with Crippen LogP contribution in [0.4, 0.5) is 0 Å². The van der Waals surface area contributed by atoms with Crippen LogP contribution in [-0.4, -0.2) is 6.61 Å². The van der Waals surface area contributed by atoms with Crippen molar-refractivity contribution < 1.29 is 4.74 Å². The van der Waals surface area contributed by atoms with Gasteiger partial charge in [-0.2, -0.15) is 0 Å². The average molecular weight is 326 g/mol. The smallest absolute Gasteiger partial charge is 0.120 e. The molecule has 0 aliphatic heterocycles. The van der Waals surface area contributed by atoms with Crippen LogP contribution >= 0.6 is 15.9 Å². The number of rotatable bonds is 5. The second kappa shape index (κ2) is 6.27. The van der Waals surface area contributed by atoms with Crippen LogP contribution in [0.1, 0.15) is 57.6 Å². The van der Waals surface area contributed by atoms with Crippen LogP contribution in [0, 0.1) is 5.41 Å². The number of hydrogen-bond acceptors (Lipinski definition) is 2. The van der Waals surface area contributed by atoms with Gasteiger partial charge in [0.1, 0.15) is 5.75 Å². The summed E-state index contributed by atoms with van der Waals surface area (Å²) in [7, 11) is 0. The molecule has 1 atom stereocenters. The Morgan fingerprint density at radius 3 is 2.53 bits per heavy atom. The number of halogens is 1. The van der Waals surface area contributed by atoms with Crippen molar-refractivity contribution in [3.8, 4) is 5.75 Å². The zero-order chi connectivity index (χ0) is 13.9. The van der Waals surface area contributed by atoms with Crippen LogP contribution < -0.4 is 10.5 Å². The molecule has 3 heteroatoms. The first-order chi connectivity index (χ1) is 9.13. The molecule has 0 bridgehead atoms. The zero-order valence-corrected chi connectivity index (χ0v) is 13.5. The largest absolute Gasteiger partial charge is 0.494 e. The molecule has 19 heavy (non-hydrogen) atoms. The molecule has 2 rings (SSSR count). The Labute approximate surface area is 124 Å². The van der Waals surface area contributed by atoms with Crippen LogP contribution in [0.2, 0.25) is 0 Å². The minimum atomic E-state index is 0.116. The first-order valence-electron chi connectivity index (χ1n) is 7.31. The van der Waals surface area contributed by atoms with Gasteiger partial charge in [0.2, 0.25) is 0 Å². The van der Waals surface area contributed by atoms with Crippen LogP contribution in [0.5, 0.6) is 5.75 Å². The molecule has 0 aromatic heterocycles. The fourth-order valence-electron chi connectivity index (χ4n) is 3.31. The monoisotopic (exact) mass is 325 g/mol. The van der Waals surface area contributed by atoms with Crippen molar-refractivity contribution in [3.63, 3.8) is 0 Å². The van der Waals surface area contributed by atoms with Gasteiger partial charge in [-0.25, -0.2) is 0 Å². The van der Waals surface area contributed by atoms with E-state index in [0.717, 1.165) is 16.6 Å². The summed E-state index contributed by atoms with van der Waals surface area (Å²) in [4.78, 5) is 0. The Morgan fingerprint density at radius 2 is 2.00 bits per heavy atom. The van der Waals surface area contributed by atoms with Gasteiger partial charge in [0.05, 0.1) is 6.61 Å². The maximum Gasteiger partial charge on any atom is 0.120 e. The maximum atomic E-state index is 6.60. The molecule has 0 saturated heterocycles. The first-order valence-corrected chi connectivity index (χ1v) is 8.10. The molecule has 1 unspecified atom stereocenters. The van der Waals surface area contributed by atoms with Crippen molar-refractivity contribution >= 4 is 15.9 Å². The topological polar surface area (TPSA) is 35.2 Å². The van der Waals surface area contributed by atoms with Gasteiger partial charge in [-0.3, -0.25) is 0 Å². The summed E-state index contributed by atoms with van der Waals surface area (Å²) in [6, 6.07) is 6.30. The van der Waals surface area contributed by atoms with E-state index in [-0.39, 0.29) is 11.5 Å². The van der Waals surface area contributed by atoms with Gasteiger partial charge in [-0.05, 0) is 49.3 Å². The molecule has 2 N–H and O–H groups in total. The third-order valence-electron chi connectivity index (χ3n) is 4.58. The summed E-state index contributed by atoms with van der Waals surface area (Å²) in [6.07, 6.45) is 6.30. The molecule has 0 radical (unpaired) electrons. The van der Waals surface area contributed by atoms with E-state index < -0.39 is 0 Å². The lowest BCUT2D eigenvalue weighted by Gasteiger charge is -2.35. The van der Waals surface area contributed by atoms with Gasteiger partial charge in [-0.15, -0.1) is 0 Å². The zero-order valence-electron chi connectivity index (χ0n) is 11.9. The fourth-order valence-corrected chi connectivity index (χ4v) is 3.91. The second-order valence-electron chi connectivity index (χ2n) is 5.52. The highest BCUT2D eigenvalue weighted by Crippen LogP contribution is 2.50. The van der Waals surface area contributed by atoms with Crippen molar-refractivity contribution in [1.29, 1.82) is 0 Å². The molecule has 1 aromatic carbocycles. The van der Waals surface area contributed by atoms with Crippen LogP contribution in [0.15, 0.2) is 22.7 Å². The van der Waals surface area contributed by atoms with E-state index >= 15 is 0 Å². The molecule has 0 spiro atoms. The summed E-state index contributed by atoms with van der Waals surface area (Å²) in [5.41, 5.74) is 8.10. The Hall–Kier alpha value is -0.540. The summed E-state index contributed by atoms with van der Waals surface area (Å²) in [6.45, 7) is 4.96. The third kappa shape index (κ3) is 2.97. The summed E-state index contributed by atoms with van der Waals surface area (Å²) < 4.78 is 6.60. The highest BCUT2D eigenvalue weighted by Gasteiger charge is 2.39. The fraction of sp³-hybridized carbons (Fsp3) is 0.625. The lowest BCUT2D eigenvalue weighted by atomic mass is 9.74. The molecule has 1 aliphatic carbocycles. The van der Waals surface area contributed by atoms with E-state index in [1.54, 1.807) is 0 Å². The van der Waals surface area contributed by atoms with Crippen molar-refractivity contribution in [1.82, 2.24) is 0 Å². The Balaban J connectivity index is 2.25. The quantitative estimate of drug-likeness (QED) is 0.842. The first kappa shape index (κ1) is 14.9. The van der Waals surface area contributed by atoms with Crippen molar-refractivity contribution in [2.75, 3.05) is 6.61 Å². The Kier molecular flexibility index (Phi) is 4.91. The van der Waals surface area contributed by atoms with Crippen molar-refractivity contribution in [2.24, 2.45) is 11.1 Å². The third-order valence-corrected chi connectivity index (χ3v) is 5.27. The molecular weight excluding hydrogens is 302 g/mol. The Bertz CT molecular complexity index is 427. The standard InChI is InChI=1S/C16H24BrNO/c1-3-16(9-5-6-10-16)15(18)13-8-7-12(19-4-2)11-14(13)17/h7-8,11,15H,3-6,9-10,18H2,1-2H3. The number of benzene rings is 1. The minimum absolute atomic E-state index is 0.116. The highest BCUT2D eigenvalue weighted by molar-refractivity contribution is 9.10. The molecule has 1 saturated carbocycles. The predicted octanol–water partition coefficient (Wildman–Crippen LogP) is 4.82. The van der Waals surface area contributed by atoms with E-state index in [1.807, 2.05) is 19.1 Å². The van der Waals surface area contributed by atoms with Crippen molar-refractivity contribution in [2.45, 2.75) is 52.0 Å². The van der Waals surface area contributed by atoms with E-state index in [9.17, 15) is 0 Å². The Morgan fingerprint density at radius 1 is 1.32 bits per heavy atom. The molecule has 2 nitrogen and oxygen atoms in total. The predicted molar refractivity (Wildman–Crippen MR) is 83.4 cm³/mol. The number of ether oxygens (including phenoxy) is 1. The molecular formula is C16H24BrNO. The SMILES string of the molecule is CCOc1ccc(C(N)C2(CC)CCCC2)c(Br)c1. The number of nitrogens with two attached hydrogens (primary N) is 1. The van der Waals surface area contributed by atoms with Crippen LogP contribution in [-0.2, 0) is 0 Å². The minimum Gasteiger partial charge on any atom is -0.494 e. The molecule has 106 valence electrons. The van der Waals surface area contributed by atoms with Gasteiger partial charge >= 0.3 is 0 Å². The normalized spacial score (nSPS) is 19.4. The van der Waals surface area contributed by atoms with Gasteiger partial charge in [0, 0.05) is 10.5 Å². The summed E-state index contributed by atoms with van der Waals surface area (Å²) in [5.74, 6) is 0.905.